The van der Waals surface area contributed by atoms with Crippen LogP contribution in [0.1, 0.15) is 25.3 Å². The average molecular weight is 329 g/mol. The number of carbonyl (C=O) groups is 1. The number of alkyl halides is 3. The second kappa shape index (κ2) is 6.68. The highest BCUT2D eigenvalue weighted by molar-refractivity contribution is 6.42. The first-order valence-electron chi connectivity index (χ1n) is 5.86. The molecule has 0 aliphatic heterocycles. The van der Waals surface area contributed by atoms with Crippen LogP contribution >= 0.6 is 23.2 Å². The maximum Gasteiger partial charge on any atom is 0.392 e. The van der Waals surface area contributed by atoms with Gasteiger partial charge in [-0.15, -0.1) is 0 Å². The van der Waals surface area contributed by atoms with Crippen LogP contribution in [0.15, 0.2) is 18.2 Å². The number of carbonyl (C=O) groups excluding carboxylic acids is 1. The highest BCUT2D eigenvalue weighted by Crippen LogP contribution is 2.39. The van der Waals surface area contributed by atoms with E-state index in [2.05, 4.69) is 0 Å². The number of esters is 1. The van der Waals surface area contributed by atoms with Crippen molar-refractivity contribution in [2.75, 3.05) is 6.61 Å². The van der Waals surface area contributed by atoms with Gasteiger partial charge in [0, 0.05) is 0 Å². The zero-order chi connectivity index (χ0) is 15.5. The maximum absolute atomic E-state index is 12.9. The normalized spacial score (nSPS) is 14.8. The number of rotatable bonds is 4. The van der Waals surface area contributed by atoms with E-state index in [-0.39, 0.29) is 22.2 Å². The van der Waals surface area contributed by atoms with Gasteiger partial charge in [-0.2, -0.15) is 13.2 Å². The Hall–Kier alpha value is -0.940. The highest BCUT2D eigenvalue weighted by atomic mass is 35.5. The van der Waals surface area contributed by atoms with Crippen LogP contribution < -0.4 is 0 Å². The standard InChI is InChI=1S/C13H13Cl2F3O2/c1-3-20-12(19)11(7(2)13(16,17)18)8-4-5-9(14)10(15)6-8/h4-7,11H,3H2,1-2H3. The lowest BCUT2D eigenvalue weighted by Gasteiger charge is -2.25. The minimum absolute atomic E-state index is 0.00122. The van der Waals surface area contributed by atoms with E-state index >= 15 is 0 Å². The van der Waals surface area contributed by atoms with Crippen LogP contribution in [0.3, 0.4) is 0 Å². The van der Waals surface area contributed by atoms with Crippen LogP contribution in [-0.4, -0.2) is 18.8 Å². The third kappa shape index (κ3) is 4.03. The molecule has 0 bridgehead atoms. The molecule has 0 fully saturated rings. The van der Waals surface area contributed by atoms with Crippen LogP contribution in [-0.2, 0) is 9.53 Å². The summed E-state index contributed by atoms with van der Waals surface area (Å²) < 4.78 is 43.4. The van der Waals surface area contributed by atoms with Gasteiger partial charge in [-0.1, -0.05) is 36.2 Å². The fourth-order valence-electron chi connectivity index (χ4n) is 1.76. The molecule has 1 aromatic rings. The van der Waals surface area contributed by atoms with Crippen LogP contribution in [0.2, 0.25) is 10.0 Å². The van der Waals surface area contributed by atoms with Gasteiger partial charge in [0.1, 0.15) is 0 Å². The Morgan fingerprint density at radius 3 is 2.35 bits per heavy atom. The molecule has 0 aliphatic carbocycles. The molecule has 2 nitrogen and oxygen atoms in total. The summed E-state index contributed by atoms with van der Waals surface area (Å²) in [6, 6.07) is 3.96. The molecule has 0 spiro atoms. The molecule has 20 heavy (non-hydrogen) atoms. The fraction of sp³-hybridized carbons (Fsp3) is 0.462. The maximum atomic E-state index is 12.9. The van der Waals surface area contributed by atoms with Crippen LogP contribution in [0.5, 0.6) is 0 Å². The van der Waals surface area contributed by atoms with Crippen molar-refractivity contribution in [3.63, 3.8) is 0 Å². The van der Waals surface area contributed by atoms with E-state index in [4.69, 9.17) is 27.9 Å². The lowest BCUT2D eigenvalue weighted by molar-refractivity contribution is -0.185. The lowest BCUT2D eigenvalue weighted by atomic mass is 9.86. The largest absolute Gasteiger partial charge is 0.466 e. The van der Waals surface area contributed by atoms with Gasteiger partial charge < -0.3 is 4.74 Å². The van der Waals surface area contributed by atoms with Gasteiger partial charge in [0.25, 0.3) is 0 Å². The Labute approximate surface area is 124 Å². The van der Waals surface area contributed by atoms with E-state index in [1.807, 2.05) is 0 Å². The summed E-state index contributed by atoms with van der Waals surface area (Å²) in [6.45, 7) is 2.47. The minimum atomic E-state index is -4.52. The van der Waals surface area contributed by atoms with E-state index in [0.29, 0.717) is 0 Å². The molecular formula is C13H13Cl2F3O2. The molecule has 1 rings (SSSR count). The molecule has 112 valence electrons. The summed E-state index contributed by atoms with van der Waals surface area (Å²) in [5.74, 6) is -4.29. The van der Waals surface area contributed by atoms with E-state index in [1.165, 1.54) is 25.1 Å². The molecule has 0 heterocycles. The third-order valence-corrected chi connectivity index (χ3v) is 3.60. The molecule has 0 N–H and O–H groups in total. The first-order chi connectivity index (χ1) is 9.18. The minimum Gasteiger partial charge on any atom is -0.466 e. The molecule has 2 atom stereocenters. The molecule has 1 aromatic carbocycles. The Kier molecular flexibility index (Phi) is 5.71. The molecular weight excluding hydrogens is 316 g/mol. The Morgan fingerprint density at radius 1 is 1.30 bits per heavy atom. The van der Waals surface area contributed by atoms with Crippen molar-refractivity contribution in [1.29, 1.82) is 0 Å². The quantitative estimate of drug-likeness (QED) is 0.739. The summed E-state index contributed by atoms with van der Waals surface area (Å²) in [4.78, 5) is 11.8. The second-order valence-corrected chi connectivity index (χ2v) is 5.05. The van der Waals surface area contributed by atoms with E-state index in [1.54, 1.807) is 0 Å². The molecule has 2 unspecified atom stereocenters. The average Bonchev–Trinajstić information content (AvgIpc) is 2.33. The van der Waals surface area contributed by atoms with Crippen molar-refractivity contribution in [1.82, 2.24) is 0 Å². The Morgan fingerprint density at radius 2 is 1.90 bits per heavy atom. The predicted molar refractivity (Wildman–Crippen MR) is 71.1 cm³/mol. The monoisotopic (exact) mass is 328 g/mol. The van der Waals surface area contributed by atoms with Gasteiger partial charge in [-0.05, 0) is 24.6 Å². The van der Waals surface area contributed by atoms with E-state index in [0.717, 1.165) is 6.92 Å². The van der Waals surface area contributed by atoms with Crippen molar-refractivity contribution >= 4 is 29.2 Å². The van der Waals surface area contributed by atoms with E-state index < -0.39 is 24.0 Å². The van der Waals surface area contributed by atoms with Crippen molar-refractivity contribution in [2.45, 2.75) is 25.9 Å². The topological polar surface area (TPSA) is 26.3 Å². The van der Waals surface area contributed by atoms with Gasteiger partial charge in [-0.25, -0.2) is 0 Å². The number of ether oxygens (including phenoxy) is 1. The van der Waals surface area contributed by atoms with Gasteiger partial charge in [0.05, 0.1) is 28.5 Å². The Balaban J connectivity index is 3.22. The number of halogens is 5. The van der Waals surface area contributed by atoms with E-state index in [9.17, 15) is 18.0 Å². The van der Waals surface area contributed by atoms with Crippen LogP contribution in [0.4, 0.5) is 13.2 Å². The zero-order valence-electron chi connectivity index (χ0n) is 10.8. The first kappa shape index (κ1) is 17.1. The molecule has 7 heteroatoms. The van der Waals surface area contributed by atoms with Crippen molar-refractivity contribution in [3.8, 4) is 0 Å². The smallest absolute Gasteiger partial charge is 0.392 e. The van der Waals surface area contributed by atoms with Crippen molar-refractivity contribution in [2.24, 2.45) is 5.92 Å². The Bertz CT molecular complexity index is 489. The summed E-state index contributed by atoms with van der Waals surface area (Å²) >= 11 is 11.5. The summed E-state index contributed by atoms with van der Waals surface area (Å²) in [7, 11) is 0. The summed E-state index contributed by atoms with van der Waals surface area (Å²) in [5, 5.41) is 0.297. The molecule has 0 saturated heterocycles. The van der Waals surface area contributed by atoms with Gasteiger partial charge in [0.2, 0.25) is 0 Å². The number of hydrogen-bond acceptors (Lipinski definition) is 2. The zero-order valence-corrected chi connectivity index (χ0v) is 12.3. The molecule has 0 radical (unpaired) electrons. The van der Waals surface area contributed by atoms with Gasteiger partial charge >= 0.3 is 12.1 Å². The lowest BCUT2D eigenvalue weighted by Crippen LogP contribution is -2.32. The number of benzene rings is 1. The second-order valence-electron chi connectivity index (χ2n) is 4.23. The molecule has 0 aromatic heterocycles. The summed E-state index contributed by atoms with van der Waals surface area (Å²) in [6.07, 6.45) is -4.52. The van der Waals surface area contributed by atoms with Gasteiger partial charge in [0.15, 0.2) is 0 Å². The third-order valence-electron chi connectivity index (χ3n) is 2.86. The SMILES string of the molecule is CCOC(=O)C(c1ccc(Cl)c(Cl)c1)C(C)C(F)(F)F. The fourth-order valence-corrected chi connectivity index (χ4v) is 2.06. The highest BCUT2D eigenvalue weighted by Gasteiger charge is 2.45. The van der Waals surface area contributed by atoms with Gasteiger partial charge in [-0.3, -0.25) is 4.79 Å². The molecule has 0 aliphatic rings. The van der Waals surface area contributed by atoms with Crippen LogP contribution in [0.25, 0.3) is 0 Å². The van der Waals surface area contributed by atoms with Crippen molar-refractivity contribution in [3.05, 3.63) is 33.8 Å². The molecule has 0 saturated carbocycles. The predicted octanol–water partition coefficient (Wildman–Crippen LogP) is 4.84. The first-order valence-corrected chi connectivity index (χ1v) is 6.62. The van der Waals surface area contributed by atoms with Crippen LogP contribution in [0, 0.1) is 5.92 Å². The molecule has 0 amide bonds. The number of hydrogen-bond donors (Lipinski definition) is 0. The van der Waals surface area contributed by atoms with Crippen molar-refractivity contribution < 1.29 is 22.7 Å². The summed E-state index contributed by atoms with van der Waals surface area (Å²) in [5.41, 5.74) is 0.127.